The maximum atomic E-state index is 13.4. The molecule has 0 aliphatic heterocycles. The van der Waals surface area contributed by atoms with Crippen molar-refractivity contribution in [1.29, 1.82) is 0 Å². The summed E-state index contributed by atoms with van der Waals surface area (Å²) >= 11 is 0. The Morgan fingerprint density at radius 3 is 1.92 bits per heavy atom. The molecule has 262 valence electrons. The molecular weight excluding hydrogens is 650 g/mol. The van der Waals surface area contributed by atoms with Gasteiger partial charge in [0.05, 0.1) is 6.61 Å². The van der Waals surface area contributed by atoms with Gasteiger partial charge in [0.2, 0.25) is 5.91 Å². The van der Waals surface area contributed by atoms with Gasteiger partial charge in [0, 0.05) is 24.2 Å². The van der Waals surface area contributed by atoms with Crippen molar-refractivity contribution in [3.63, 3.8) is 0 Å². The van der Waals surface area contributed by atoms with E-state index in [0.29, 0.717) is 44.2 Å². The molecule has 5 aromatic rings. The van der Waals surface area contributed by atoms with Crippen LogP contribution in [0.25, 0.3) is 32.7 Å². The largest absolute Gasteiger partial charge is 0.493 e. The summed E-state index contributed by atoms with van der Waals surface area (Å²) in [5.74, 6) is 1.04. The maximum Gasteiger partial charge on any atom is 0.258 e. The number of carbonyl (C=O) groups is 2. The summed E-state index contributed by atoms with van der Waals surface area (Å²) in [5.41, 5.74) is 13.7. The molecule has 9 nitrogen and oxygen atoms in total. The summed E-state index contributed by atoms with van der Waals surface area (Å²) in [4.78, 5) is 30.7. The molecule has 0 saturated carbocycles. The van der Waals surface area contributed by atoms with E-state index in [-0.39, 0.29) is 30.9 Å². The number of halogens is 1. The molecule has 0 bridgehead atoms. The number of nitrogens with zero attached hydrogens (tertiary/aromatic N) is 1. The molecule has 50 heavy (non-hydrogen) atoms. The van der Waals surface area contributed by atoms with Gasteiger partial charge in [0.25, 0.3) is 5.91 Å². The van der Waals surface area contributed by atoms with Gasteiger partial charge < -0.3 is 31.6 Å². The zero-order chi connectivity index (χ0) is 34.6. The van der Waals surface area contributed by atoms with Crippen LogP contribution in [-0.2, 0) is 16.1 Å². The number of nitrogens with two attached hydrogens (primary N) is 2. The van der Waals surface area contributed by atoms with E-state index in [2.05, 4.69) is 59.8 Å². The van der Waals surface area contributed by atoms with Crippen molar-refractivity contribution in [2.24, 2.45) is 22.4 Å². The van der Waals surface area contributed by atoms with Crippen molar-refractivity contribution in [1.82, 2.24) is 10.6 Å². The highest BCUT2D eigenvalue weighted by Crippen LogP contribution is 2.45. The van der Waals surface area contributed by atoms with Gasteiger partial charge in [-0.3, -0.25) is 14.6 Å². The lowest BCUT2D eigenvalue weighted by Crippen LogP contribution is -2.48. The van der Waals surface area contributed by atoms with Crippen LogP contribution in [0.3, 0.4) is 0 Å². The van der Waals surface area contributed by atoms with Gasteiger partial charge in [0.1, 0.15) is 17.5 Å². The second-order valence-corrected chi connectivity index (χ2v) is 12.4. The summed E-state index contributed by atoms with van der Waals surface area (Å²) in [7, 11) is 0. The molecule has 0 spiro atoms. The van der Waals surface area contributed by atoms with Crippen LogP contribution in [0.4, 0.5) is 0 Å². The lowest BCUT2D eigenvalue weighted by molar-refractivity contribution is -0.130. The first-order valence-electron chi connectivity index (χ1n) is 16.8. The number of nitrogens with one attached hydrogen (secondary N) is 2. The van der Waals surface area contributed by atoms with Gasteiger partial charge in [-0.25, -0.2) is 0 Å². The number of carbonyl (C=O) groups excluding carboxylic acids is 2. The molecule has 0 heterocycles. The highest BCUT2D eigenvalue weighted by atomic mass is 35.5. The lowest BCUT2D eigenvalue weighted by Gasteiger charge is -2.21. The van der Waals surface area contributed by atoms with Crippen LogP contribution in [0.15, 0.2) is 108 Å². The van der Waals surface area contributed by atoms with Crippen molar-refractivity contribution < 1.29 is 19.1 Å². The number of benzene rings is 5. The average Bonchev–Trinajstić information content (AvgIpc) is 3.11. The van der Waals surface area contributed by atoms with E-state index in [9.17, 15) is 9.59 Å². The number of hydrogen-bond donors (Lipinski definition) is 4. The molecule has 0 aromatic heterocycles. The first-order chi connectivity index (χ1) is 23.8. The van der Waals surface area contributed by atoms with Crippen molar-refractivity contribution in [3.05, 3.63) is 109 Å². The normalized spacial score (nSPS) is 11.4. The summed E-state index contributed by atoms with van der Waals surface area (Å²) < 4.78 is 12.8. The number of aliphatic imine (C=N–C) groups is 1. The zero-order valence-electron chi connectivity index (χ0n) is 28.6. The van der Waals surface area contributed by atoms with E-state index >= 15 is 0 Å². The highest BCUT2D eigenvalue weighted by molar-refractivity contribution is 6.09. The van der Waals surface area contributed by atoms with Crippen LogP contribution in [0.2, 0.25) is 0 Å². The van der Waals surface area contributed by atoms with Crippen LogP contribution in [0, 0.1) is 5.92 Å². The molecule has 0 aliphatic rings. The van der Waals surface area contributed by atoms with Crippen LogP contribution in [0.5, 0.6) is 11.5 Å². The summed E-state index contributed by atoms with van der Waals surface area (Å²) in [5, 5.41) is 9.90. The first-order valence-corrected chi connectivity index (χ1v) is 16.8. The Balaban J connectivity index is 0.00000562. The number of ether oxygens (including phenoxy) is 2. The Kier molecular flexibility index (Phi) is 13.9. The van der Waals surface area contributed by atoms with Crippen molar-refractivity contribution in [2.75, 3.05) is 19.8 Å². The molecule has 0 radical (unpaired) electrons. The molecule has 10 heteroatoms. The monoisotopic (exact) mass is 695 g/mol. The van der Waals surface area contributed by atoms with Gasteiger partial charge in [0.15, 0.2) is 12.6 Å². The molecule has 0 aliphatic carbocycles. The average molecular weight is 696 g/mol. The molecule has 5 aromatic carbocycles. The van der Waals surface area contributed by atoms with Gasteiger partial charge in [-0.1, -0.05) is 105 Å². The van der Waals surface area contributed by atoms with Crippen molar-refractivity contribution in [3.8, 4) is 22.6 Å². The molecule has 5 rings (SSSR count). The summed E-state index contributed by atoms with van der Waals surface area (Å²) in [6.07, 6.45) is 1.76. The minimum Gasteiger partial charge on any atom is -0.493 e. The van der Waals surface area contributed by atoms with Gasteiger partial charge >= 0.3 is 0 Å². The van der Waals surface area contributed by atoms with Crippen LogP contribution >= 0.6 is 12.4 Å². The molecular formula is C40H46ClN5O4. The van der Waals surface area contributed by atoms with Gasteiger partial charge in [-0.15, -0.1) is 12.4 Å². The minimum atomic E-state index is -0.802. The highest BCUT2D eigenvalue weighted by Gasteiger charge is 2.23. The number of amides is 2. The Labute approximate surface area is 299 Å². The van der Waals surface area contributed by atoms with Crippen LogP contribution in [0.1, 0.15) is 38.7 Å². The predicted octanol–water partition coefficient (Wildman–Crippen LogP) is 6.74. The predicted molar refractivity (Wildman–Crippen MR) is 205 cm³/mol. The van der Waals surface area contributed by atoms with E-state index in [0.717, 1.165) is 50.4 Å². The molecule has 0 unspecified atom stereocenters. The molecule has 1 atom stereocenters. The number of hydrogen-bond acceptors (Lipinski definition) is 5. The quantitative estimate of drug-likeness (QED) is 0.0512. The Bertz CT molecular complexity index is 1910. The fraction of sp³-hybridized carbons (Fsp3) is 0.275. The van der Waals surface area contributed by atoms with E-state index in [1.54, 1.807) is 0 Å². The molecule has 0 saturated heterocycles. The third-order valence-corrected chi connectivity index (χ3v) is 8.25. The Hall–Kier alpha value is -5.28. The Morgan fingerprint density at radius 2 is 1.32 bits per heavy atom. The van der Waals surface area contributed by atoms with Gasteiger partial charge in [-0.2, -0.15) is 0 Å². The van der Waals surface area contributed by atoms with Crippen LogP contribution in [-0.4, -0.2) is 43.6 Å². The zero-order valence-corrected chi connectivity index (χ0v) is 29.4. The molecule has 0 fully saturated rings. The SMILES string of the molecule is CC(C)CCOc1ccc2ccccc2c1-c1c(OCC(=O)N[C@H](CCCN=C(N)N)C(=O)NCc2ccccc2)ccc2ccccc12.Cl. The third-order valence-electron chi connectivity index (χ3n) is 8.25. The van der Waals surface area contributed by atoms with Crippen molar-refractivity contribution >= 4 is 51.7 Å². The van der Waals surface area contributed by atoms with Crippen LogP contribution < -0.4 is 31.6 Å². The second-order valence-electron chi connectivity index (χ2n) is 12.4. The maximum absolute atomic E-state index is 13.4. The smallest absolute Gasteiger partial charge is 0.258 e. The topological polar surface area (TPSA) is 141 Å². The number of rotatable bonds is 16. The molecule has 6 N–H and O–H groups in total. The van der Waals surface area contributed by atoms with E-state index in [1.807, 2.05) is 72.8 Å². The molecule has 2 amide bonds. The first kappa shape index (κ1) is 37.5. The fourth-order valence-corrected chi connectivity index (χ4v) is 5.72. The lowest BCUT2D eigenvalue weighted by atomic mass is 9.92. The van der Waals surface area contributed by atoms with E-state index in [1.165, 1.54) is 0 Å². The fourth-order valence-electron chi connectivity index (χ4n) is 5.72. The summed E-state index contributed by atoms with van der Waals surface area (Å²) in [6, 6.07) is 33.0. The third kappa shape index (κ3) is 10.1. The van der Waals surface area contributed by atoms with Gasteiger partial charge in [-0.05, 0) is 64.4 Å². The number of fused-ring (bicyclic) bond motifs is 2. The number of guanidine groups is 1. The second kappa shape index (κ2) is 18.5. The summed E-state index contributed by atoms with van der Waals surface area (Å²) in [6.45, 7) is 5.30. The van der Waals surface area contributed by atoms with Crippen molar-refractivity contribution in [2.45, 2.75) is 45.7 Å². The van der Waals surface area contributed by atoms with E-state index in [4.69, 9.17) is 20.9 Å². The minimum absolute atomic E-state index is 0. The standard InChI is InChI=1S/C40H45N5O4.ClH/c1-27(2)22-24-48-34-20-18-29-13-6-8-15-31(29)37(34)38-32-16-9-7-14-30(32)19-21-35(38)49-26-36(46)45-33(17-10-23-43-40(41)42)39(47)44-25-28-11-4-3-5-12-28;/h3-9,11-16,18-21,27,33H,10,17,22-26H2,1-2H3,(H,44,47)(H,45,46)(H4,41,42,43);1H/t33-;/m1./s1. The van der Waals surface area contributed by atoms with E-state index < -0.39 is 11.9 Å². The Morgan fingerprint density at radius 1 is 0.740 bits per heavy atom.